The van der Waals surface area contributed by atoms with Crippen LogP contribution < -0.4 is 10.6 Å². The highest BCUT2D eigenvalue weighted by Crippen LogP contribution is 2.22. The number of hydrogen-bond donors (Lipinski definition) is 2. The van der Waals surface area contributed by atoms with Crippen LogP contribution in [0.3, 0.4) is 0 Å². The lowest BCUT2D eigenvalue weighted by Crippen LogP contribution is -2.55. The zero-order valence-electron chi connectivity index (χ0n) is 22.9. The van der Waals surface area contributed by atoms with Crippen LogP contribution in [0.1, 0.15) is 52.7 Å². The minimum atomic E-state index is -1.51. The first-order chi connectivity index (χ1) is 17.8. The van der Waals surface area contributed by atoms with Gasteiger partial charge in [0, 0.05) is 0 Å². The molecule has 38 heavy (non-hydrogen) atoms. The molecule has 206 valence electrons. The van der Waals surface area contributed by atoms with Gasteiger partial charge in [-0.2, -0.15) is 0 Å². The standard InChI is InChI=1S/C29H38N2O7/c1-20(24(32)29(5,6)26(34)37-18-22-15-11-8-12-16-22)30-25(33)23(31-27(35)38-28(2,3)4)19-36-17-21-13-9-7-10-14-21/h7-16,20,23H,17-19H2,1-6H3,(H,30,33)(H,31,35)/t20-,23-/m0/s1. The molecule has 0 radical (unpaired) electrons. The molecular formula is C29H38N2O7. The van der Waals surface area contributed by atoms with Gasteiger partial charge < -0.3 is 24.8 Å². The normalized spacial score (nSPS) is 13.1. The summed E-state index contributed by atoms with van der Waals surface area (Å²) in [6.07, 6.45) is -0.801. The highest BCUT2D eigenvalue weighted by molar-refractivity contribution is 6.06. The van der Waals surface area contributed by atoms with Gasteiger partial charge in [-0.05, 0) is 52.7 Å². The second kappa shape index (κ2) is 13.7. The van der Waals surface area contributed by atoms with Crippen molar-refractivity contribution in [2.45, 2.75) is 72.4 Å². The highest BCUT2D eigenvalue weighted by atomic mass is 16.6. The van der Waals surface area contributed by atoms with Crippen molar-refractivity contribution in [1.82, 2.24) is 10.6 Å². The number of Topliss-reactive ketones (excluding diaryl/α,β-unsaturated/α-hetero) is 1. The van der Waals surface area contributed by atoms with E-state index in [1.165, 1.54) is 20.8 Å². The molecule has 2 rings (SSSR count). The molecule has 0 fully saturated rings. The molecule has 0 saturated heterocycles. The summed E-state index contributed by atoms with van der Waals surface area (Å²) < 4.78 is 16.3. The summed E-state index contributed by atoms with van der Waals surface area (Å²) in [6, 6.07) is 16.3. The van der Waals surface area contributed by atoms with E-state index in [9.17, 15) is 19.2 Å². The van der Waals surface area contributed by atoms with Crippen molar-refractivity contribution in [2.24, 2.45) is 5.41 Å². The SMILES string of the molecule is C[C@H](NC(=O)[C@H](COCc1ccccc1)NC(=O)OC(C)(C)C)C(=O)C(C)(C)C(=O)OCc1ccccc1. The molecule has 0 saturated carbocycles. The van der Waals surface area contributed by atoms with Gasteiger partial charge in [0.2, 0.25) is 5.91 Å². The number of benzene rings is 2. The van der Waals surface area contributed by atoms with Crippen LogP contribution in [-0.2, 0) is 41.8 Å². The van der Waals surface area contributed by atoms with Gasteiger partial charge in [-0.15, -0.1) is 0 Å². The van der Waals surface area contributed by atoms with Crippen LogP contribution in [0.25, 0.3) is 0 Å². The van der Waals surface area contributed by atoms with Crippen molar-refractivity contribution in [3.63, 3.8) is 0 Å². The average Bonchev–Trinajstić information content (AvgIpc) is 2.86. The lowest BCUT2D eigenvalue weighted by Gasteiger charge is -2.27. The number of rotatable bonds is 12. The molecule has 0 aliphatic rings. The largest absolute Gasteiger partial charge is 0.460 e. The Morgan fingerprint density at radius 3 is 1.84 bits per heavy atom. The maximum Gasteiger partial charge on any atom is 0.408 e. The summed E-state index contributed by atoms with van der Waals surface area (Å²) in [5.41, 5.74) is -0.608. The van der Waals surface area contributed by atoms with E-state index < -0.39 is 46.9 Å². The van der Waals surface area contributed by atoms with E-state index >= 15 is 0 Å². The first-order valence-corrected chi connectivity index (χ1v) is 12.5. The first kappa shape index (κ1) is 30.5. The van der Waals surface area contributed by atoms with Gasteiger partial charge in [0.05, 0.1) is 19.3 Å². The highest BCUT2D eigenvalue weighted by Gasteiger charge is 2.41. The van der Waals surface area contributed by atoms with Crippen molar-refractivity contribution >= 4 is 23.8 Å². The van der Waals surface area contributed by atoms with Crippen molar-refractivity contribution in [2.75, 3.05) is 6.61 Å². The Morgan fingerprint density at radius 1 is 0.789 bits per heavy atom. The van der Waals surface area contributed by atoms with Gasteiger partial charge in [-0.3, -0.25) is 14.4 Å². The second-order valence-electron chi connectivity index (χ2n) is 10.5. The fraction of sp³-hybridized carbons (Fsp3) is 0.448. The molecule has 2 N–H and O–H groups in total. The van der Waals surface area contributed by atoms with Crippen molar-refractivity contribution in [1.29, 1.82) is 0 Å². The third-order valence-corrected chi connectivity index (χ3v) is 5.49. The molecule has 0 bridgehead atoms. The molecule has 0 spiro atoms. The Hall–Kier alpha value is -3.72. The van der Waals surface area contributed by atoms with Crippen LogP contribution in [0, 0.1) is 5.41 Å². The van der Waals surface area contributed by atoms with Gasteiger partial charge in [0.15, 0.2) is 5.78 Å². The number of nitrogens with one attached hydrogen (secondary N) is 2. The van der Waals surface area contributed by atoms with Crippen LogP contribution >= 0.6 is 0 Å². The number of esters is 1. The maximum absolute atomic E-state index is 13.1. The Morgan fingerprint density at radius 2 is 1.32 bits per heavy atom. The Bertz CT molecular complexity index is 1080. The summed E-state index contributed by atoms with van der Waals surface area (Å²) in [5, 5.41) is 5.09. The number of hydrogen-bond acceptors (Lipinski definition) is 7. The zero-order valence-corrected chi connectivity index (χ0v) is 22.9. The summed E-state index contributed by atoms with van der Waals surface area (Å²) in [6.45, 7) is 9.56. The summed E-state index contributed by atoms with van der Waals surface area (Å²) in [5.74, 6) is -1.90. The molecule has 0 aromatic heterocycles. The number of carbonyl (C=O) groups is 4. The van der Waals surface area contributed by atoms with Gasteiger partial charge in [-0.25, -0.2) is 4.79 Å². The van der Waals surface area contributed by atoms with E-state index in [1.54, 1.807) is 20.8 Å². The van der Waals surface area contributed by atoms with Gasteiger partial charge in [0.25, 0.3) is 0 Å². The predicted molar refractivity (Wildman–Crippen MR) is 142 cm³/mol. The van der Waals surface area contributed by atoms with Crippen molar-refractivity contribution < 1.29 is 33.4 Å². The van der Waals surface area contributed by atoms with E-state index in [1.807, 2.05) is 60.7 Å². The van der Waals surface area contributed by atoms with Crippen LogP contribution in [0.2, 0.25) is 0 Å². The van der Waals surface area contributed by atoms with Crippen LogP contribution in [0.15, 0.2) is 60.7 Å². The quantitative estimate of drug-likeness (QED) is 0.317. The molecule has 0 aliphatic heterocycles. The number of ketones is 1. The minimum Gasteiger partial charge on any atom is -0.460 e. The monoisotopic (exact) mass is 526 g/mol. The van der Waals surface area contributed by atoms with Crippen LogP contribution in [0.4, 0.5) is 4.79 Å². The summed E-state index contributed by atoms with van der Waals surface area (Å²) in [4.78, 5) is 51.3. The average molecular weight is 527 g/mol. The van der Waals surface area contributed by atoms with Crippen LogP contribution in [-0.4, -0.2) is 48.0 Å². The third-order valence-electron chi connectivity index (χ3n) is 5.49. The van der Waals surface area contributed by atoms with E-state index in [0.717, 1.165) is 11.1 Å². The third kappa shape index (κ3) is 9.97. The molecule has 9 nitrogen and oxygen atoms in total. The van der Waals surface area contributed by atoms with Gasteiger partial charge in [0.1, 0.15) is 23.7 Å². The zero-order chi connectivity index (χ0) is 28.3. The lowest BCUT2D eigenvalue weighted by molar-refractivity contribution is -0.160. The summed E-state index contributed by atoms with van der Waals surface area (Å²) in [7, 11) is 0. The number of alkyl carbamates (subject to hydrolysis) is 1. The van der Waals surface area contributed by atoms with Gasteiger partial charge >= 0.3 is 12.1 Å². The molecule has 0 unspecified atom stereocenters. The molecular weight excluding hydrogens is 488 g/mol. The minimum absolute atomic E-state index is 0.0256. The molecule has 0 heterocycles. The fourth-order valence-corrected chi connectivity index (χ4v) is 3.43. The van der Waals surface area contributed by atoms with Crippen LogP contribution in [0.5, 0.6) is 0 Å². The lowest BCUT2D eigenvalue weighted by atomic mass is 9.84. The van der Waals surface area contributed by atoms with Crippen molar-refractivity contribution in [3.05, 3.63) is 71.8 Å². The second-order valence-corrected chi connectivity index (χ2v) is 10.5. The number of carbonyl (C=O) groups excluding carboxylic acids is 4. The molecule has 2 amide bonds. The molecule has 2 aromatic rings. The van der Waals surface area contributed by atoms with Crippen molar-refractivity contribution in [3.8, 4) is 0 Å². The fourth-order valence-electron chi connectivity index (χ4n) is 3.43. The van der Waals surface area contributed by atoms with E-state index in [2.05, 4.69) is 10.6 Å². The molecule has 2 aromatic carbocycles. The van der Waals surface area contributed by atoms with Gasteiger partial charge in [-0.1, -0.05) is 60.7 Å². The maximum atomic E-state index is 13.1. The molecule has 9 heteroatoms. The van der Waals surface area contributed by atoms with E-state index in [-0.39, 0.29) is 19.8 Å². The molecule has 2 atom stereocenters. The smallest absolute Gasteiger partial charge is 0.408 e. The Balaban J connectivity index is 2.02. The first-order valence-electron chi connectivity index (χ1n) is 12.5. The molecule has 0 aliphatic carbocycles. The summed E-state index contributed by atoms with van der Waals surface area (Å²) >= 11 is 0. The Kier molecular flexibility index (Phi) is 11.0. The van der Waals surface area contributed by atoms with E-state index in [4.69, 9.17) is 14.2 Å². The Labute approximate surface area is 224 Å². The number of amides is 2. The van der Waals surface area contributed by atoms with E-state index in [0.29, 0.717) is 0 Å². The topological polar surface area (TPSA) is 120 Å². The number of ether oxygens (including phenoxy) is 3. The predicted octanol–water partition coefficient (Wildman–Crippen LogP) is 3.94.